The minimum atomic E-state index is 0.214. The molecule has 0 aromatic heterocycles. The van der Waals surface area contributed by atoms with Crippen LogP contribution >= 0.6 is 0 Å². The normalized spacial score (nSPS) is 33.3. The molecule has 0 aromatic rings. The van der Waals surface area contributed by atoms with Crippen LogP contribution in [0.1, 0.15) is 19.3 Å². The average Bonchev–Trinajstić information content (AvgIpc) is 2.90. The third kappa shape index (κ3) is 1.76. The Morgan fingerprint density at radius 3 is 2.67 bits per heavy atom. The zero-order chi connectivity index (χ0) is 10.3. The molecule has 0 aromatic carbocycles. The van der Waals surface area contributed by atoms with Gasteiger partial charge in [0.05, 0.1) is 19.8 Å². The molecule has 3 rings (SSSR count). The second kappa shape index (κ2) is 3.46. The van der Waals surface area contributed by atoms with E-state index in [2.05, 4.69) is 5.32 Å². The van der Waals surface area contributed by atoms with Crippen molar-refractivity contribution in [3.63, 3.8) is 0 Å². The predicted molar refractivity (Wildman–Crippen MR) is 54.3 cm³/mol. The first-order chi connectivity index (χ1) is 7.29. The van der Waals surface area contributed by atoms with Crippen molar-refractivity contribution in [3.8, 4) is 0 Å². The number of carbonyl (C=O) groups excluding carboxylic acids is 1. The Hall–Kier alpha value is -0.610. The van der Waals surface area contributed by atoms with Gasteiger partial charge in [-0.25, -0.2) is 0 Å². The van der Waals surface area contributed by atoms with Crippen molar-refractivity contribution >= 4 is 5.91 Å². The van der Waals surface area contributed by atoms with Crippen LogP contribution in [0.25, 0.3) is 0 Å². The van der Waals surface area contributed by atoms with Crippen LogP contribution in [-0.4, -0.2) is 49.7 Å². The molecule has 3 aliphatic rings. The highest BCUT2D eigenvalue weighted by Crippen LogP contribution is 2.49. The van der Waals surface area contributed by atoms with Gasteiger partial charge in [-0.1, -0.05) is 0 Å². The van der Waals surface area contributed by atoms with E-state index in [4.69, 9.17) is 4.74 Å². The van der Waals surface area contributed by atoms with Gasteiger partial charge in [0.1, 0.15) is 0 Å². The highest BCUT2D eigenvalue weighted by atomic mass is 16.5. The Morgan fingerprint density at radius 1 is 1.33 bits per heavy atom. The number of hydrogen-bond acceptors (Lipinski definition) is 2. The lowest BCUT2D eigenvalue weighted by atomic mass is 10.0. The highest BCUT2D eigenvalue weighted by Gasteiger charge is 2.54. The standard InChI is InChI=1S/C11H18N2O2/c14-10(13-3-5-15-6-4-13)9-7-11(1-2-11)8-12-9/h9,12H,1-8H2/p+1. The van der Waals surface area contributed by atoms with Gasteiger partial charge in [0.2, 0.25) is 0 Å². The maximum atomic E-state index is 12.2. The van der Waals surface area contributed by atoms with E-state index in [-0.39, 0.29) is 6.04 Å². The second-order valence-corrected chi connectivity index (χ2v) is 5.19. The monoisotopic (exact) mass is 211 g/mol. The van der Waals surface area contributed by atoms with E-state index in [1.807, 2.05) is 4.90 Å². The molecule has 0 bridgehead atoms. The van der Waals surface area contributed by atoms with Crippen LogP contribution in [0, 0.1) is 5.41 Å². The van der Waals surface area contributed by atoms with E-state index in [0.29, 0.717) is 24.5 Å². The van der Waals surface area contributed by atoms with Gasteiger partial charge in [-0.15, -0.1) is 0 Å². The molecule has 2 saturated heterocycles. The maximum Gasteiger partial charge on any atom is 0.280 e. The van der Waals surface area contributed by atoms with Gasteiger partial charge < -0.3 is 15.0 Å². The summed E-state index contributed by atoms with van der Waals surface area (Å²) in [6, 6.07) is 0.214. The fourth-order valence-corrected chi connectivity index (χ4v) is 2.82. The lowest BCUT2D eigenvalue weighted by Gasteiger charge is -2.27. The Bertz CT molecular complexity index is 270. The summed E-state index contributed by atoms with van der Waals surface area (Å²) < 4.78 is 5.26. The Kier molecular flexibility index (Phi) is 2.21. The van der Waals surface area contributed by atoms with Crippen molar-refractivity contribution in [3.05, 3.63) is 0 Å². The molecule has 15 heavy (non-hydrogen) atoms. The van der Waals surface area contributed by atoms with Crippen LogP contribution in [0.3, 0.4) is 0 Å². The van der Waals surface area contributed by atoms with Crippen LogP contribution < -0.4 is 5.32 Å². The van der Waals surface area contributed by atoms with Crippen LogP contribution in [-0.2, 0) is 9.53 Å². The van der Waals surface area contributed by atoms with Gasteiger partial charge in [-0.2, -0.15) is 0 Å². The van der Waals surface area contributed by atoms with Gasteiger partial charge in [0, 0.05) is 24.9 Å². The van der Waals surface area contributed by atoms with E-state index in [1.54, 1.807) is 0 Å². The quantitative estimate of drug-likeness (QED) is 0.602. The molecule has 1 saturated carbocycles. The molecule has 2 aliphatic heterocycles. The van der Waals surface area contributed by atoms with Gasteiger partial charge in [0.25, 0.3) is 5.91 Å². The molecular weight excluding hydrogens is 192 g/mol. The molecule has 0 radical (unpaired) electrons. The average molecular weight is 211 g/mol. The number of nitrogens with two attached hydrogens (primary N) is 1. The molecule has 3 fully saturated rings. The van der Waals surface area contributed by atoms with Crippen molar-refractivity contribution < 1.29 is 14.8 Å². The number of morpholine rings is 1. The number of rotatable bonds is 1. The van der Waals surface area contributed by atoms with E-state index >= 15 is 0 Å². The lowest BCUT2D eigenvalue weighted by Crippen LogP contribution is -2.89. The second-order valence-electron chi connectivity index (χ2n) is 5.19. The molecule has 1 atom stereocenters. The van der Waals surface area contributed by atoms with Crippen molar-refractivity contribution in [2.45, 2.75) is 25.3 Å². The highest BCUT2D eigenvalue weighted by molar-refractivity contribution is 5.80. The first kappa shape index (κ1) is 9.60. The zero-order valence-electron chi connectivity index (χ0n) is 9.08. The molecule has 1 amide bonds. The van der Waals surface area contributed by atoms with Crippen LogP contribution in [0.2, 0.25) is 0 Å². The molecule has 1 aliphatic carbocycles. The zero-order valence-corrected chi connectivity index (χ0v) is 9.08. The Balaban J connectivity index is 1.59. The summed E-state index contributed by atoms with van der Waals surface area (Å²) in [4.78, 5) is 14.1. The lowest BCUT2D eigenvalue weighted by molar-refractivity contribution is -0.661. The topological polar surface area (TPSA) is 46.2 Å². The number of nitrogens with zero attached hydrogens (tertiary/aromatic N) is 1. The molecule has 1 spiro atoms. The molecule has 4 heteroatoms. The predicted octanol–water partition coefficient (Wildman–Crippen LogP) is -1.04. The van der Waals surface area contributed by atoms with Crippen LogP contribution in [0.4, 0.5) is 0 Å². The van der Waals surface area contributed by atoms with Gasteiger partial charge in [-0.3, -0.25) is 4.79 Å². The number of hydrogen-bond donors (Lipinski definition) is 1. The summed E-state index contributed by atoms with van der Waals surface area (Å²) in [5.74, 6) is 0.349. The number of ether oxygens (including phenoxy) is 1. The Labute approximate surface area is 90.0 Å². The summed E-state index contributed by atoms with van der Waals surface area (Å²) in [5.41, 5.74) is 0.562. The number of carbonyl (C=O) groups is 1. The van der Waals surface area contributed by atoms with E-state index in [1.165, 1.54) is 19.4 Å². The summed E-state index contributed by atoms with van der Waals surface area (Å²) in [6.07, 6.45) is 3.80. The number of quaternary nitrogens is 1. The van der Waals surface area contributed by atoms with Gasteiger partial charge in [-0.05, 0) is 12.8 Å². The largest absolute Gasteiger partial charge is 0.378 e. The SMILES string of the molecule is O=C(C1CC2(CC2)C[NH2+]1)N1CCOCC1. The van der Waals surface area contributed by atoms with Crippen molar-refractivity contribution in [2.24, 2.45) is 5.41 Å². The molecule has 2 heterocycles. The van der Waals surface area contributed by atoms with Crippen molar-refractivity contribution in [1.82, 2.24) is 4.90 Å². The maximum absolute atomic E-state index is 12.2. The molecule has 84 valence electrons. The van der Waals surface area contributed by atoms with E-state index < -0.39 is 0 Å². The van der Waals surface area contributed by atoms with Crippen molar-refractivity contribution in [2.75, 3.05) is 32.8 Å². The Morgan fingerprint density at radius 2 is 2.07 bits per heavy atom. The summed E-state index contributed by atoms with van der Waals surface area (Å²) in [6.45, 7) is 4.17. The summed E-state index contributed by atoms with van der Waals surface area (Å²) >= 11 is 0. The molecule has 1 unspecified atom stereocenters. The number of amides is 1. The third-order valence-corrected chi connectivity index (χ3v) is 4.09. The first-order valence-electron chi connectivity index (χ1n) is 5.99. The fraction of sp³-hybridized carbons (Fsp3) is 0.909. The van der Waals surface area contributed by atoms with E-state index in [9.17, 15) is 4.79 Å². The molecule has 4 nitrogen and oxygen atoms in total. The first-order valence-corrected chi connectivity index (χ1v) is 5.99. The molecular formula is C11H19N2O2+. The third-order valence-electron chi connectivity index (χ3n) is 4.09. The van der Waals surface area contributed by atoms with Crippen LogP contribution in [0.15, 0.2) is 0 Å². The van der Waals surface area contributed by atoms with Gasteiger partial charge in [0.15, 0.2) is 6.04 Å². The van der Waals surface area contributed by atoms with Gasteiger partial charge >= 0.3 is 0 Å². The minimum Gasteiger partial charge on any atom is -0.378 e. The minimum absolute atomic E-state index is 0.214. The van der Waals surface area contributed by atoms with Crippen LogP contribution in [0.5, 0.6) is 0 Å². The summed E-state index contributed by atoms with van der Waals surface area (Å²) in [7, 11) is 0. The van der Waals surface area contributed by atoms with Crippen molar-refractivity contribution in [1.29, 1.82) is 0 Å². The summed E-state index contributed by atoms with van der Waals surface area (Å²) in [5, 5.41) is 2.25. The fourth-order valence-electron chi connectivity index (χ4n) is 2.82. The van der Waals surface area contributed by atoms with E-state index in [0.717, 1.165) is 19.5 Å². The smallest absolute Gasteiger partial charge is 0.280 e. The molecule has 2 N–H and O–H groups in total.